The van der Waals surface area contributed by atoms with Crippen LogP contribution in [0.25, 0.3) is 11.3 Å². The summed E-state index contributed by atoms with van der Waals surface area (Å²) in [6.07, 6.45) is 8.96. The highest BCUT2D eigenvalue weighted by Gasteiger charge is 2.11. The van der Waals surface area contributed by atoms with Crippen LogP contribution in [-0.4, -0.2) is 9.55 Å². The van der Waals surface area contributed by atoms with Gasteiger partial charge >= 0.3 is 0 Å². The molecule has 0 radical (unpaired) electrons. The molecule has 1 aliphatic carbocycles. The lowest BCUT2D eigenvalue weighted by Crippen LogP contribution is -2.02. The third-order valence-corrected chi connectivity index (χ3v) is 3.46. The largest absolute Gasteiger partial charge is 0.334 e. The first kappa shape index (κ1) is 9.64. The maximum absolute atomic E-state index is 4.17. The molecule has 0 atom stereocenters. The molecule has 0 bridgehead atoms. The average molecular weight is 212 g/mol. The molecule has 2 heteroatoms. The van der Waals surface area contributed by atoms with E-state index in [1.165, 1.54) is 48.1 Å². The Morgan fingerprint density at radius 2 is 1.94 bits per heavy atom. The molecule has 1 aromatic heterocycles. The van der Waals surface area contributed by atoms with Crippen LogP contribution in [0.2, 0.25) is 0 Å². The molecule has 0 spiro atoms. The molecule has 0 aliphatic heterocycles. The number of aromatic nitrogens is 2. The smallest absolute Gasteiger partial charge is 0.0948 e. The minimum atomic E-state index is 1.20. The molecular weight excluding hydrogens is 196 g/mol. The zero-order valence-electron chi connectivity index (χ0n) is 9.61. The van der Waals surface area contributed by atoms with Gasteiger partial charge in [-0.3, -0.25) is 0 Å². The highest BCUT2D eigenvalue weighted by Crippen LogP contribution is 2.26. The first-order valence-electron chi connectivity index (χ1n) is 5.93. The van der Waals surface area contributed by atoms with Crippen molar-refractivity contribution in [3.63, 3.8) is 0 Å². The minimum Gasteiger partial charge on any atom is -0.334 e. The maximum Gasteiger partial charge on any atom is 0.0948 e. The van der Waals surface area contributed by atoms with Crippen molar-refractivity contribution in [3.05, 3.63) is 41.9 Å². The second-order valence-electron chi connectivity index (χ2n) is 4.58. The van der Waals surface area contributed by atoms with Crippen LogP contribution < -0.4 is 0 Å². The number of aryl methyl sites for hydroxylation is 3. The van der Waals surface area contributed by atoms with E-state index in [9.17, 15) is 0 Å². The maximum atomic E-state index is 4.17. The Morgan fingerprint density at radius 3 is 2.69 bits per heavy atom. The molecule has 82 valence electrons. The Kier molecular flexibility index (Phi) is 2.28. The molecule has 16 heavy (non-hydrogen) atoms. The van der Waals surface area contributed by atoms with Gasteiger partial charge in [0.15, 0.2) is 0 Å². The second kappa shape index (κ2) is 3.78. The number of hydrogen-bond acceptors (Lipinski definition) is 1. The SMILES string of the molecule is Cn1cncc1-c1ccc2c(c1)CCCC2. The molecule has 2 nitrogen and oxygen atoms in total. The van der Waals surface area contributed by atoms with E-state index in [1.54, 1.807) is 0 Å². The van der Waals surface area contributed by atoms with Crippen LogP contribution in [0.1, 0.15) is 24.0 Å². The van der Waals surface area contributed by atoms with Crippen molar-refractivity contribution in [2.45, 2.75) is 25.7 Å². The summed E-state index contributed by atoms with van der Waals surface area (Å²) in [5.41, 5.74) is 5.57. The number of fused-ring (bicyclic) bond motifs is 1. The summed E-state index contributed by atoms with van der Waals surface area (Å²) in [6.45, 7) is 0. The second-order valence-corrected chi connectivity index (χ2v) is 4.58. The summed E-state index contributed by atoms with van der Waals surface area (Å²) in [7, 11) is 2.04. The number of nitrogens with zero attached hydrogens (tertiary/aromatic N) is 2. The molecule has 0 unspecified atom stereocenters. The molecule has 0 saturated carbocycles. The number of rotatable bonds is 1. The Bertz CT molecular complexity index is 511. The predicted octanol–water partition coefficient (Wildman–Crippen LogP) is 2.97. The van der Waals surface area contributed by atoms with E-state index in [0.717, 1.165) is 0 Å². The van der Waals surface area contributed by atoms with Crippen LogP contribution in [0.15, 0.2) is 30.7 Å². The Hall–Kier alpha value is -1.57. The van der Waals surface area contributed by atoms with Crippen molar-refractivity contribution >= 4 is 0 Å². The summed E-state index contributed by atoms with van der Waals surface area (Å²) < 4.78 is 2.07. The molecular formula is C14H16N2. The summed E-state index contributed by atoms with van der Waals surface area (Å²) in [4.78, 5) is 4.17. The highest BCUT2D eigenvalue weighted by atomic mass is 15.0. The minimum absolute atomic E-state index is 1.20. The molecule has 0 N–H and O–H groups in total. The average Bonchev–Trinajstić information content (AvgIpc) is 2.75. The van der Waals surface area contributed by atoms with Gasteiger partial charge in [0.05, 0.1) is 18.2 Å². The topological polar surface area (TPSA) is 17.8 Å². The van der Waals surface area contributed by atoms with Gasteiger partial charge in [-0.25, -0.2) is 4.98 Å². The first-order valence-corrected chi connectivity index (χ1v) is 5.93. The Labute approximate surface area is 95.9 Å². The summed E-state index contributed by atoms with van der Waals surface area (Å²) in [5.74, 6) is 0. The van der Waals surface area contributed by atoms with E-state index in [-0.39, 0.29) is 0 Å². The molecule has 1 aliphatic rings. The van der Waals surface area contributed by atoms with E-state index in [1.807, 2.05) is 19.6 Å². The third-order valence-electron chi connectivity index (χ3n) is 3.46. The van der Waals surface area contributed by atoms with Gasteiger partial charge < -0.3 is 4.57 Å². The molecule has 1 heterocycles. The van der Waals surface area contributed by atoms with E-state index in [0.29, 0.717) is 0 Å². The third kappa shape index (κ3) is 1.54. The van der Waals surface area contributed by atoms with Crippen molar-refractivity contribution in [3.8, 4) is 11.3 Å². The van der Waals surface area contributed by atoms with Crippen LogP contribution in [0.5, 0.6) is 0 Å². The lowest BCUT2D eigenvalue weighted by Gasteiger charge is -2.16. The van der Waals surface area contributed by atoms with Gasteiger partial charge in [-0.2, -0.15) is 0 Å². The van der Waals surface area contributed by atoms with Gasteiger partial charge in [0.25, 0.3) is 0 Å². The lowest BCUT2D eigenvalue weighted by atomic mass is 9.90. The van der Waals surface area contributed by atoms with Gasteiger partial charge in [-0.15, -0.1) is 0 Å². The van der Waals surface area contributed by atoms with Crippen molar-refractivity contribution in [1.82, 2.24) is 9.55 Å². The number of benzene rings is 1. The van der Waals surface area contributed by atoms with Crippen LogP contribution >= 0.6 is 0 Å². The van der Waals surface area contributed by atoms with Gasteiger partial charge in [0.1, 0.15) is 0 Å². The van der Waals surface area contributed by atoms with Crippen molar-refractivity contribution < 1.29 is 0 Å². The zero-order chi connectivity index (χ0) is 11.0. The highest BCUT2D eigenvalue weighted by molar-refractivity contribution is 5.61. The monoisotopic (exact) mass is 212 g/mol. The molecule has 0 saturated heterocycles. The van der Waals surface area contributed by atoms with Crippen LogP contribution in [0.3, 0.4) is 0 Å². The first-order chi connectivity index (χ1) is 7.84. The fraction of sp³-hybridized carbons (Fsp3) is 0.357. The summed E-state index contributed by atoms with van der Waals surface area (Å²) in [6, 6.07) is 6.85. The fourth-order valence-corrected chi connectivity index (χ4v) is 2.53. The predicted molar refractivity (Wildman–Crippen MR) is 65.3 cm³/mol. The van der Waals surface area contributed by atoms with Crippen molar-refractivity contribution in [1.29, 1.82) is 0 Å². The quantitative estimate of drug-likeness (QED) is 0.710. The molecule has 0 fully saturated rings. The van der Waals surface area contributed by atoms with E-state index in [2.05, 4.69) is 27.8 Å². The molecule has 2 aromatic rings. The number of hydrogen-bond donors (Lipinski definition) is 0. The summed E-state index contributed by atoms with van der Waals surface area (Å²) in [5, 5.41) is 0. The zero-order valence-corrected chi connectivity index (χ0v) is 9.61. The van der Waals surface area contributed by atoms with E-state index >= 15 is 0 Å². The lowest BCUT2D eigenvalue weighted by molar-refractivity contribution is 0.686. The van der Waals surface area contributed by atoms with Crippen molar-refractivity contribution in [2.75, 3.05) is 0 Å². The van der Waals surface area contributed by atoms with Crippen LogP contribution in [-0.2, 0) is 19.9 Å². The van der Waals surface area contributed by atoms with Gasteiger partial charge in [-0.1, -0.05) is 12.1 Å². The van der Waals surface area contributed by atoms with Gasteiger partial charge in [-0.05, 0) is 42.9 Å². The van der Waals surface area contributed by atoms with Gasteiger partial charge in [0.2, 0.25) is 0 Å². The van der Waals surface area contributed by atoms with E-state index < -0.39 is 0 Å². The fourth-order valence-electron chi connectivity index (χ4n) is 2.53. The van der Waals surface area contributed by atoms with Crippen molar-refractivity contribution in [2.24, 2.45) is 7.05 Å². The molecule has 0 amide bonds. The number of imidazole rings is 1. The molecule has 3 rings (SSSR count). The normalized spacial score (nSPS) is 14.8. The standard InChI is InChI=1S/C14H16N2/c1-16-10-15-9-14(16)13-7-6-11-4-2-3-5-12(11)8-13/h6-10H,2-5H2,1H3. The summed E-state index contributed by atoms with van der Waals surface area (Å²) >= 11 is 0. The Morgan fingerprint density at radius 1 is 1.12 bits per heavy atom. The van der Waals surface area contributed by atoms with Gasteiger partial charge in [0, 0.05) is 12.6 Å². The Balaban J connectivity index is 2.06. The van der Waals surface area contributed by atoms with Crippen LogP contribution in [0, 0.1) is 0 Å². The van der Waals surface area contributed by atoms with E-state index in [4.69, 9.17) is 0 Å². The molecule has 1 aromatic carbocycles. The van der Waals surface area contributed by atoms with Crippen LogP contribution in [0.4, 0.5) is 0 Å².